The average Bonchev–Trinajstić information content (AvgIpc) is 3.01. The van der Waals surface area contributed by atoms with Gasteiger partial charge in [-0.2, -0.15) is 5.10 Å². The molecule has 2 heterocycles. The van der Waals surface area contributed by atoms with Crippen molar-refractivity contribution in [3.63, 3.8) is 0 Å². The molecule has 1 aliphatic rings. The highest BCUT2D eigenvalue weighted by Crippen LogP contribution is 2.28. The van der Waals surface area contributed by atoms with E-state index in [0.29, 0.717) is 30.6 Å². The number of hydrogen-bond acceptors (Lipinski definition) is 4. The van der Waals surface area contributed by atoms with Gasteiger partial charge < -0.3 is 10.0 Å². The molecule has 1 aromatic carbocycles. The van der Waals surface area contributed by atoms with E-state index in [4.69, 9.17) is 0 Å². The number of nitrogens with zero attached hydrogens (tertiary/aromatic N) is 4. The number of halogens is 1. The molecule has 27 heavy (non-hydrogen) atoms. The SMILES string of the molecule is CCn1nc(C(=O)O)c2c1CCN(C(=O)C(c1ccccc1F)N(C)C)C2. The molecule has 0 bridgehead atoms. The van der Waals surface area contributed by atoms with E-state index in [-0.39, 0.29) is 18.1 Å². The van der Waals surface area contributed by atoms with Crippen LogP contribution in [0.5, 0.6) is 0 Å². The topological polar surface area (TPSA) is 78.7 Å². The van der Waals surface area contributed by atoms with Crippen LogP contribution >= 0.6 is 0 Å². The standard InChI is InChI=1S/C19H23FN4O3/c1-4-24-15-9-10-23(11-13(15)16(21-24)19(26)27)18(25)17(22(2)3)12-7-5-6-8-14(12)20/h5-8,17H,4,9-11H2,1-3H3,(H,26,27). The molecule has 7 nitrogen and oxygen atoms in total. The second-order valence-corrected chi connectivity index (χ2v) is 6.79. The fraction of sp³-hybridized carbons (Fsp3) is 0.421. The molecular formula is C19H23FN4O3. The summed E-state index contributed by atoms with van der Waals surface area (Å²) in [5, 5.41) is 13.6. The molecule has 144 valence electrons. The summed E-state index contributed by atoms with van der Waals surface area (Å²) in [5.41, 5.74) is 1.71. The number of amides is 1. The number of carboxylic acid groups (broad SMARTS) is 1. The van der Waals surface area contributed by atoms with E-state index >= 15 is 0 Å². The quantitative estimate of drug-likeness (QED) is 0.865. The number of aromatic nitrogens is 2. The van der Waals surface area contributed by atoms with Crippen molar-refractivity contribution in [2.24, 2.45) is 0 Å². The Morgan fingerprint density at radius 1 is 1.33 bits per heavy atom. The molecule has 1 N–H and O–H groups in total. The van der Waals surface area contributed by atoms with Gasteiger partial charge in [0.2, 0.25) is 5.91 Å². The molecule has 1 unspecified atom stereocenters. The van der Waals surface area contributed by atoms with Crippen LogP contribution in [0, 0.1) is 5.82 Å². The summed E-state index contributed by atoms with van der Waals surface area (Å²) >= 11 is 0. The number of benzene rings is 1. The number of likely N-dealkylation sites (N-methyl/N-ethyl adjacent to an activating group) is 1. The molecule has 1 atom stereocenters. The van der Waals surface area contributed by atoms with Gasteiger partial charge in [0.25, 0.3) is 0 Å². The van der Waals surface area contributed by atoms with Crippen molar-refractivity contribution in [3.05, 3.63) is 52.6 Å². The van der Waals surface area contributed by atoms with Crippen molar-refractivity contribution >= 4 is 11.9 Å². The lowest BCUT2D eigenvalue weighted by Crippen LogP contribution is -2.43. The molecule has 1 aromatic heterocycles. The van der Waals surface area contributed by atoms with E-state index < -0.39 is 17.8 Å². The molecule has 3 rings (SSSR count). The first kappa shape index (κ1) is 19.0. The van der Waals surface area contributed by atoms with Crippen LogP contribution in [0.25, 0.3) is 0 Å². The van der Waals surface area contributed by atoms with Crippen LogP contribution in [-0.2, 0) is 24.3 Å². The van der Waals surface area contributed by atoms with Crippen LogP contribution in [0.2, 0.25) is 0 Å². The minimum absolute atomic E-state index is 0.0170. The maximum Gasteiger partial charge on any atom is 0.356 e. The molecule has 1 amide bonds. The van der Waals surface area contributed by atoms with E-state index in [0.717, 1.165) is 5.69 Å². The van der Waals surface area contributed by atoms with Crippen LogP contribution in [0.1, 0.15) is 40.3 Å². The van der Waals surface area contributed by atoms with Gasteiger partial charge in [0.05, 0.1) is 0 Å². The molecule has 8 heteroatoms. The Balaban J connectivity index is 1.94. The Labute approximate surface area is 157 Å². The van der Waals surface area contributed by atoms with E-state index in [2.05, 4.69) is 5.10 Å². The zero-order valence-corrected chi connectivity index (χ0v) is 15.6. The maximum absolute atomic E-state index is 14.3. The van der Waals surface area contributed by atoms with Crippen LogP contribution in [0.4, 0.5) is 4.39 Å². The Hall–Kier alpha value is -2.74. The first-order chi connectivity index (χ1) is 12.8. The second-order valence-electron chi connectivity index (χ2n) is 6.79. The van der Waals surface area contributed by atoms with Gasteiger partial charge in [-0.05, 0) is 27.1 Å². The minimum atomic E-state index is -1.11. The molecule has 0 spiro atoms. The molecule has 0 radical (unpaired) electrons. The summed E-state index contributed by atoms with van der Waals surface area (Å²) in [7, 11) is 3.45. The number of carbonyl (C=O) groups is 2. The fourth-order valence-corrected chi connectivity index (χ4v) is 3.61. The Morgan fingerprint density at radius 2 is 2.04 bits per heavy atom. The fourth-order valence-electron chi connectivity index (χ4n) is 3.61. The average molecular weight is 374 g/mol. The highest BCUT2D eigenvalue weighted by Gasteiger charge is 2.34. The first-order valence-corrected chi connectivity index (χ1v) is 8.86. The molecule has 0 fully saturated rings. The summed E-state index contributed by atoms with van der Waals surface area (Å²) < 4.78 is 16.0. The summed E-state index contributed by atoms with van der Waals surface area (Å²) in [6, 6.07) is 5.44. The van der Waals surface area contributed by atoms with Gasteiger partial charge in [-0.15, -0.1) is 0 Å². The molecular weight excluding hydrogens is 351 g/mol. The van der Waals surface area contributed by atoms with Crippen molar-refractivity contribution in [3.8, 4) is 0 Å². The predicted octanol–water partition coefficient (Wildman–Crippen LogP) is 1.93. The molecule has 0 aliphatic carbocycles. The number of carboxylic acids is 1. The van der Waals surface area contributed by atoms with Crippen molar-refractivity contribution in [2.75, 3.05) is 20.6 Å². The van der Waals surface area contributed by atoms with E-state index in [1.54, 1.807) is 46.8 Å². The number of aromatic carboxylic acids is 1. The molecule has 0 saturated carbocycles. The van der Waals surface area contributed by atoms with E-state index in [9.17, 15) is 19.1 Å². The number of aryl methyl sites for hydroxylation is 1. The Bertz CT molecular complexity index is 878. The highest BCUT2D eigenvalue weighted by atomic mass is 19.1. The third kappa shape index (κ3) is 3.44. The van der Waals surface area contributed by atoms with Gasteiger partial charge in [-0.25, -0.2) is 9.18 Å². The third-order valence-corrected chi connectivity index (χ3v) is 4.90. The van der Waals surface area contributed by atoms with Crippen LogP contribution in [0.3, 0.4) is 0 Å². The number of hydrogen-bond donors (Lipinski definition) is 1. The smallest absolute Gasteiger partial charge is 0.356 e. The molecule has 1 aliphatic heterocycles. The zero-order chi connectivity index (χ0) is 19.7. The minimum Gasteiger partial charge on any atom is -0.476 e. The zero-order valence-electron chi connectivity index (χ0n) is 15.6. The lowest BCUT2D eigenvalue weighted by Gasteiger charge is -2.33. The van der Waals surface area contributed by atoms with Crippen LogP contribution in [0.15, 0.2) is 24.3 Å². The lowest BCUT2D eigenvalue weighted by atomic mass is 10.00. The summed E-state index contributed by atoms with van der Waals surface area (Å²) in [6.45, 7) is 3.07. The van der Waals surface area contributed by atoms with Crippen LogP contribution in [-0.4, -0.2) is 57.2 Å². The highest BCUT2D eigenvalue weighted by molar-refractivity contribution is 5.88. The van der Waals surface area contributed by atoms with Gasteiger partial charge in [0.15, 0.2) is 5.69 Å². The van der Waals surface area contributed by atoms with Gasteiger partial charge in [-0.3, -0.25) is 14.4 Å². The monoisotopic (exact) mass is 374 g/mol. The van der Waals surface area contributed by atoms with Gasteiger partial charge in [-0.1, -0.05) is 18.2 Å². The number of carbonyl (C=O) groups excluding carboxylic acids is 1. The van der Waals surface area contributed by atoms with Crippen LogP contribution < -0.4 is 0 Å². The largest absolute Gasteiger partial charge is 0.476 e. The third-order valence-electron chi connectivity index (χ3n) is 4.90. The maximum atomic E-state index is 14.3. The van der Waals surface area contributed by atoms with E-state index in [1.807, 2.05) is 6.92 Å². The van der Waals surface area contributed by atoms with Crippen molar-refractivity contribution < 1.29 is 19.1 Å². The van der Waals surface area contributed by atoms with Crippen molar-refractivity contribution in [1.82, 2.24) is 19.6 Å². The first-order valence-electron chi connectivity index (χ1n) is 8.86. The Kier molecular flexibility index (Phi) is 5.27. The van der Waals surface area contributed by atoms with Crippen molar-refractivity contribution in [1.29, 1.82) is 0 Å². The normalized spacial score (nSPS) is 14.9. The summed E-state index contributed by atoms with van der Waals surface area (Å²) in [4.78, 5) is 28.0. The number of fused-ring (bicyclic) bond motifs is 1. The van der Waals surface area contributed by atoms with Gasteiger partial charge >= 0.3 is 5.97 Å². The Morgan fingerprint density at radius 3 is 2.63 bits per heavy atom. The van der Waals surface area contributed by atoms with E-state index in [1.165, 1.54) is 6.07 Å². The van der Waals surface area contributed by atoms with Gasteiger partial charge in [0, 0.05) is 42.9 Å². The predicted molar refractivity (Wildman–Crippen MR) is 96.8 cm³/mol. The summed E-state index contributed by atoms with van der Waals surface area (Å²) in [6.07, 6.45) is 0.520. The lowest BCUT2D eigenvalue weighted by molar-refractivity contribution is -0.137. The second kappa shape index (κ2) is 7.48. The summed E-state index contributed by atoms with van der Waals surface area (Å²) in [5.74, 6) is -1.80. The van der Waals surface area contributed by atoms with Crippen molar-refractivity contribution in [2.45, 2.75) is 32.5 Å². The molecule has 0 saturated heterocycles. The van der Waals surface area contributed by atoms with Gasteiger partial charge in [0.1, 0.15) is 11.9 Å². The molecule has 2 aromatic rings. The number of rotatable bonds is 5.